The van der Waals surface area contributed by atoms with E-state index in [9.17, 15) is 19.2 Å². The third-order valence-electron chi connectivity index (χ3n) is 4.76. The van der Waals surface area contributed by atoms with E-state index >= 15 is 0 Å². The van der Waals surface area contributed by atoms with E-state index in [0.717, 1.165) is 26.3 Å². The van der Waals surface area contributed by atoms with Gasteiger partial charge < -0.3 is 16.8 Å². The maximum atomic E-state index is 12.9. The summed E-state index contributed by atoms with van der Waals surface area (Å²) in [5, 5.41) is 3.21. The number of aromatic nitrogens is 2. The second-order valence-corrected chi connectivity index (χ2v) is 8.96. The molecule has 0 saturated heterocycles. The summed E-state index contributed by atoms with van der Waals surface area (Å²) in [6, 6.07) is 11.0. The molecule has 5 N–H and O–H groups in total. The molecular formula is C21H17N5O4S2. The highest BCUT2D eigenvalue weighted by atomic mass is 32.1. The maximum Gasteiger partial charge on any atom is 0.262 e. The molecule has 0 atom stereocenters. The van der Waals surface area contributed by atoms with E-state index in [4.69, 9.17) is 11.5 Å². The minimum absolute atomic E-state index is 0.183. The first-order valence-electron chi connectivity index (χ1n) is 9.33. The largest absolute Gasteiger partial charge is 0.366 e. The standard InChI is InChI=1S/C21H17N5O4S2/c1-10-15-20(32-16(10)18(23)29)24-9-26(21(15)30)8-14(27)25-19-12(17(22)28)7-13(31-19)11-5-3-2-4-6-11/h2-7,9H,8H2,1H3,(H2,22,28)(H2,23,29)(H,25,27). The van der Waals surface area contributed by atoms with Crippen molar-refractivity contribution < 1.29 is 14.4 Å². The van der Waals surface area contributed by atoms with Crippen molar-refractivity contribution in [3.63, 3.8) is 0 Å². The Morgan fingerprint density at radius 1 is 1.09 bits per heavy atom. The summed E-state index contributed by atoms with van der Waals surface area (Å²) in [6.07, 6.45) is 1.24. The zero-order valence-corrected chi connectivity index (χ0v) is 18.4. The van der Waals surface area contributed by atoms with Crippen molar-refractivity contribution in [2.24, 2.45) is 11.5 Å². The lowest BCUT2D eigenvalue weighted by Gasteiger charge is -2.07. The highest BCUT2D eigenvalue weighted by Gasteiger charge is 2.20. The second-order valence-electron chi connectivity index (χ2n) is 6.91. The van der Waals surface area contributed by atoms with Crippen LogP contribution in [-0.4, -0.2) is 27.3 Å². The summed E-state index contributed by atoms with van der Waals surface area (Å²) in [4.78, 5) is 54.5. The van der Waals surface area contributed by atoms with Crippen molar-refractivity contribution in [2.45, 2.75) is 13.5 Å². The van der Waals surface area contributed by atoms with E-state index < -0.39 is 23.3 Å². The van der Waals surface area contributed by atoms with E-state index in [1.807, 2.05) is 30.3 Å². The van der Waals surface area contributed by atoms with Gasteiger partial charge in [-0.15, -0.1) is 22.7 Å². The maximum absolute atomic E-state index is 12.9. The zero-order chi connectivity index (χ0) is 23.0. The summed E-state index contributed by atoms with van der Waals surface area (Å²) in [5.74, 6) is -1.84. The number of aryl methyl sites for hydroxylation is 1. The van der Waals surface area contributed by atoms with Crippen LogP contribution in [0.25, 0.3) is 20.7 Å². The number of nitrogens with two attached hydrogens (primary N) is 2. The Hall–Kier alpha value is -3.83. The number of amides is 3. The summed E-state index contributed by atoms with van der Waals surface area (Å²) in [7, 11) is 0. The van der Waals surface area contributed by atoms with Gasteiger partial charge >= 0.3 is 0 Å². The first-order chi connectivity index (χ1) is 15.3. The molecule has 4 rings (SSSR count). The van der Waals surface area contributed by atoms with Crippen LogP contribution in [0.3, 0.4) is 0 Å². The summed E-state index contributed by atoms with van der Waals surface area (Å²) in [6.45, 7) is 1.28. The number of carbonyl (C=O) groups excluding carboxylic acids is 3. The second kappa shape index (κ2) is 8.36. The molecule has 0 spiro atoms. The molecule has 0 aliphatic rings. The van der Waals surface area contributed by atoms with E-state index in [1.54, 1.807) is 13.0 Å². The number of carbonyl (C=O) groups is 3. The highest BCUT2D eigenvalue weighted by Crippen LogP contribution is 2.35. The highest BCUT2D eigenvalue weighted by molar-refractivity contribution is 7.20. The molecule has 3 aromatic heterocycles. The zero-order valence-electron chi connectivity index (χ0n) is 16.7. The number of rotatable bonds is 6. The number of thiophene rings is 2. The number of benzene rings is 1. The number of hydrogen-bond donors (Lipinski definition) is 3. The van der Waals surface area contributed by atoms with Gasteiger partial charge in [0.25, 0.3) is 17.4 Å². The predicted octanol–water partition coefficient (Wildman–Crippen LogP) is 2.33. The van der Waals surface area contributed by atoms with E-state index in [1.165, 1.54) is 17.7 Å². The third kappa shape index (κ3) is 3.90. The quantitative estimate of drug-likeness (QED) is 0.398. The van der Waals surface area contributed by atoms with E-state index in [2.05, 4.69) is 10.3 Å². The summed E-state index contributed by atoms with van der Waals surface area (Å²) >= 11 is 2.24. The van der Waals surface area contributed by atoms with Crippen molar-refractivity contribution in [3.05, 3.63) is 69.1 Å². The van der Waals surface area contributed by atoms with Crippen LogP contribution < -0.4 is 22.3 Å². The third-order valence-corrected chi connectivity index (χ3v) is 7.08. The topological polar surface area (TPSA) is 150 Å². The molecule has 0 unspecified atom stereocenters. The average Bonchev–Trinajstić information content (AvgIpc) is 3.32. The smallest absolute Gasteiger partial charge is 0.262 e. The normalized spacial score (nSPS) is 10.9. The molecule has 0 fully saturated rings. The van der Waals surface area contributed by atoms with Crippen molar-refractivity contribution in [3.8, 4) is 10.4 Å². The van der Waals surface area contributed by atoms with Gasteiger partial charge in [0.1, 0.15) is 16.4 Å². The van der Waals surface area contributed by atoms with Crippen molar-refractivity contribution in [1.29, 1.82) is 0 Å². The minimum atomic E-state index is -0.674. The molecule has 1 aromatic carbocycles. The number of primary amides is 2. The van der Waals surface area contributed by atoms with Gasteiger partial charge in [0, 0.05) is 4.88 Å². The van der Waals surface area contributed by atoms with E-state index in [0.29, 0.717) is 15.4 Å². The predicted molar refractivity (Wildman–Crippen MR) is 124 cm³/mol. The van der Waals surface area contributed by atoms with Crippen LogP contribution in [-0.2, 0) is 11.3 Å². The van der Waals surface area contributed by atoms with Gasteiger partial charge in [-0.05, 0) is 24.1 Å². The molecule has 0 aliphatic carbocycles. The Bertz CT molecular complexity index is 1440. The monoisotopic (exact) mass is 467 g/mol. The number of fused-ring (bicyclic) bond motifs is 1. The summed E-state index contributed by atoms with van der Waals surface area (Å²) < 4.78 is 1.14. The Labute approximate surface area is 189 Å². The molecule has 162 valence electrons. The fourth-order valence-electron chi connectivity index (χ4n) is 3.24. The Morgan fingerprint density at radius 2 is 1.81 bits per heavy atom. The van der Waals surface area contributed by atoms with Crippen LogP contribution in [0.2, 0.25) is 0 Å². The Balaban J connectivity index is 1.62. The van der Waals surface area contributed by atoms with Crippen LogP contribution in [0, 0.1) is 6.92 Å². The first-order valence-corrected chi connectivity index (χ1v) is 11.0. The van der Waals surface area contributed by atoms with Crippen LogP contribution in [0.1, 0.15) is 25.6 Å². The lowest BCUT2D eigenvalue weighted by atomic mass is 10.1. The van der Waals surface area contributed by atoms with E-state index in [-0.39, 0.29) is 22.4 Å². The fraction of sp³-hybridized carbons (Fsp3) is 0.0952. The van der Waals surface area contributed by atoms with Crippen molar-refractivity contribution in [2.75, 3.05) is 5.32 Å². The fourth-order valence-corrected chi connectivity index (χ4v) is 5.32. The van der Waals surface area contributed by atoms with Gasteiger partial charge in [-0.25, -0.2) is 4.98 Å². The molecule has 3 amide bonds. The van der Waals surface area contributed by atoms with Crippen LogP contribution in [0.4, 0.5) is 5.00 Å². The molecule has 0 bridgehead atoms. The molecule has 4 aromatic rings. The number of nitrogens with zero attached hydrogens (tertiary/aromatic N) is 2. The lowest BCUT2D eigenvalue weighted by Crippen LogP contribution is -2.28. The van der Waals surface area contributed by atoms with Crippen molar-refractivity contribution in [1.82, 2.24) is 9.55 Å². The van der Waals surface area contributed by atoms with Gasteiger partial charge in [-0.1, -0.05) is 30.3 Å². The van der Waals surface area contributed by atoms with Gasteiger partial charge in [-0.3, -0.25) is 23.7 Å². The molecule has 0 radical (unpaired) electrons. The molecule has 3 heterocycles. The minimum Gasteiger partial charge on any atom is -0.366 e. The van der Waals surface area contributed by atoms with Crippen molar-refractivity contribution >= 4 is 55.6 Å². The molecule has 11 heteroatoms. The number of anilines is 1. The van der Waals surface area contributed by atoms with Crippen LogP contribution in [0.5, 0.6) is 0 Å². The molecular weight excluding hydrogens is 450 g/mol. The summed E-state index contributed by atoms with van der Waals surface area (Å²) in [5.41, 5.74) is 11.9. The van der Waals surface area contributed by atoms with Gasteiger partial charge in [0.05, 0.1) is 22.2 Å². The molecule has 9 nitrogen and oxygen atoms in total. The number of hydrogen-bond acceptors (Lipinski definition) is 7. The Morgan fingerprint density at radius 3 is 2.47 bits per heavy atom. The SMILES string of the molecule is Cc1c(C(N)=O)sc2ncn(CC(=O)Nc3sc(-c4ccccc4)cc3C(N)=O)c(=O)c12. The average molecular weight is 468 g/mol. The van der Waals surface area contributed by atoms with Gasteiger partial charge in [-0.2, -0.15) is 0 Å². The molecule has 32 heavy (non-hydrogen) atoms. The Kier molecular flexibility index (Phi) is 5.59. The van der Waals surface area contributed by atoms with Crippen LogP contribution in [0.15, 0.2) is 47.5 Å². The lowest BCUT2D eigenvalue weighted by molar-refractivity contribution is -0.116. The molecule has 0 aliphatic heterocycles. The number of nitrogens with one attached hydrogen (secondary N) is 1. The van der Waals surface area contributed by atoms with Gasteiger partial charge in [0.2, 0.25) is 5.91 Å². The molecule has 0 saturated carbocycles. The van der Waals surface area contributed by atoms with Gasteiger partial charge in [0.15, 0.2) is 0 Å². The van der Waals surface area contributed by atoms with Crippen LogP contribution >= 0.6 is 22.7 Å². The first kappa shape index (κ1) is 21.4.